The van der Waals surface area contributed by atoms with Gasteiger partial charge in [-0.25, -0.2) is 0 Å². The van der Waals surface area contributed by atoms with Crippen LogP contribution in [0.2, 0.25) is 5.02 Å². The van der Waals surface area contributed by atoms with Gasteiger partial charge in [0.1, 0.15) is 0 Å². The Kier molecular flexibility index (Phi) is 7.47. The molecule has 0 spiro atoms. The number of rotatable bonds is 6. The minimum atomic E-state index is 0.556. The van der Waals surface area contributed by atoms with Gasteiger partial charge in [0.05, 0.1) is 0 Å². The van der Waals surface area contributed by atoms with Gasteiger partial charge in [-0.1, -0.05) is 127 Å². The number of pyridine rings is 1. The number of aromatic nitrogens is 1. The average Bonchev–Trinajstić information content (AvgIpc) is 3.03. The maximum absolute atomic E-state index is 6.55. The van der Waals surface area contributed by atoms with Crippen LogP contribution in [0.25, 0.3) is 39.0 Å². The van der Waals surface area contributed by atoms with Crippen LogP contribution in [-0.4, -0.2) is 5.84 Å². The summed E-state index contributed by atoms with van der Waals surface area (Å²) < 4.78 is 2.00. The summed E-state index contributed by atoms with van der Waals surface area (Å²) in [5, 5.41) is 10.8. The lowest BCUT2D eigenvalue weighted by Gasteiger charge is -2.20. The number of halogens is 1. The summed E-state index contributed by atoms with van der Waals surface area (Å²) in [6.07, 6.45) is 0. The third-order valence-corrected chi connectivity index (χ3v) is 6.91. The third kappa shape index (κ3) is 5.56. The molecule has 6 aromatic rings. The molecule has 0 saturated heterocycles. The van der Waals surface area contributed by atoms with Crippen molar-refractivity contribution in [3.05, 3.63) is 174 Å². The Morgan fingerprint density at radius 3 is 1.48 bits per heavy atom. The molecule has 3 nitrogen and oxygen atoms in total. The fourth-order valence-corrected chi connectivity index (χ4v) is 4.78. The van der Waals surface area contributed by atoms with Crippen molar-refractivity contribution in [2.45, 2.75) is 0 Å². The summed E-state index contributed by atoms with van der Waals surface area (Å²) in [5.74, 6) is 0.556. The van der Waals surface area contributed by atoms with Crippen LogP contribution in [0.15, 0.2) is 163 Å². The van der Waals surface area contributed by atoms with Crippen molar-refractivity contribution in [2.24, 2.45) is 5.10 Å². The fourth-order valence-electron chi connectivity index (χ4n) is 4.61. The quantitative estimate of drug-likeness (QED) is 0.115. The van der Waals surface area contributed by atoms with E-state index in [9.17, 15) is 0 Å². The predicted molar refractivity (Wildman–Crippen MR) is 166 cm³/mol. The monoisotopic (exact) mass is 535 g/mol. The highest BCUT2D eigenvalue weighted by atomic mass is 35.5. The molecular weight excluding hydrogens is 510 g/mol. The van der Waals surface area contributed by atoms with Crippen molar-refractivity contribution in [1.82, 2.24) is 0 Å². The molecule has 40 heavy (non-hydrogen) atoms. The number of hydrogen-bond acceptors (Lipinski definition) is 1. The first-order chi connectivity index (χ1) is 19.8. The SMILES string of the molecule is Clc1ccccc1[N-]C(=N[n+]1c(-c2ccccc2)cc(-c2ccccc2)cc1-c1ccccc1)c1ccccc1. The topological polar surface area (TPSA) is 30.3 Å². The van der Waals surface area contributed by atoms with Gasteiger partial charge >= 0.3 is 0 Å². The molecule has 0 aliphatic carbocycles. The van der Waals surface area contributed by atoms with E-state index in [4.69, 9.17) is 22.0 Å². The maximum atomic E-state index is 6.55. The minimum Gasteiger partial charge on any atom is -0.430 e. The molecule has 0 radical (unpaired) electrons. The van der Waals surface area contributed by atoms with E-state index in [0.29, 0.717) is 16.5 Å². The van der Waals surface area contributed by atoms with Gasteiger partial charge in [-0.3, -0.25) is 0 Å². The molecule has 0 amide bonds. The Hall–Kier alpha value is -4.99. The van der Waals surface area contributed by atoms with Gasteiger partial charge < -0.3 is 5.32 Å². The van der Waals surface area contributed by atoms with Crippen molar-refractivity contribution in [3.8, 4) is 33.6 Å². The molecule has 192 valence electrons. The normalized spacial score (nSPS) is 11.3. The molecule has 1 aromatic heterocycles. The molecular formula is C36H26ClN3. The smallest absolute Gasteiger partial charge is 0.226 e. The Morgan fingerprint density at radius 1 is 0.500 bits per heavy atom. The van der Waals surface area contributed by atoms with Crippen molar-refractivity contribution >= 4 is 23.1 Å². The Morgan fingerprint density at radius 2 is 0.950 bits per heavy atom. The summed E-state index contributed by atoms with van der Waals surface area (Å²) >= 11 is 6.55. The zero-order chi connectivity index (χ0) is 27.1. The standard InChI is InChI=1S/C36H26ClN3/c37-32-23-13-14-24-33(32)38-36(30-21-11-4-12-22-30)39-40-34(28-17-7-2-8-18-28)25-31(27-15-5-1-6-16-27)26-35(40)29-19-9-3-10-20-29/h1-26H. The van der Waals surface area contributed by atoms with Crippen LogP contribution in [0.4, 0.5) is 5.69 Å². The van der Waals surface area contributed by atoms with Gasteiger partial charge in [0.2, 0.25) is 11.4 Å². The van der Waals surface area contributed by atoms with Crippen LogP contribution in [0.5, 0.6) is 0 Å². The lowest BCUT2D eigenvalue weighted by molar-refractivity contribution is -0.656. The molecule has 4 heteroatoms. The van der Waals surface area contributed by atoms with Crippen LogP contribution in [0, 0.1) is 0 Å². The first-order valence-electron chi connectivity index (χ1n) is 13.1. The molecule has 5 aromatic carbocycles. The highest BCUT2D eigenvalue weighted by molar-refractivity contribution is 6.34. The number of para-hydroxylation sites is 1. The minimum absolute atomic E-state index is 0.556. The van der Waals surface area contributed by atoms with Crippen molar-refractivity contribution in [1.29, 1.82) is 0 Å². The van der Waals surface area contributed by atoms with E-state index in [2.05, 4.69) is 60.7 Å². The zero-order valence-corrected chi connectivity index (χ0v) is 22.5. The van der Waals surface area contributed by atoms with Crippen LogP contribution in [-0.2, 0) is 0 Å². The van der Waals surface area contributed by atoms with Gasteiger partial charge in [-0.2, -0.15) is 5.10 Å². The molecule has 0 saturated carbocycles. The second-order valence-electron chi connectivity index (χ2n) is 9.28. The van der Waals surface area contributed by atoms with E-state index in [-0.39, 0.29) is 0 Å². The van der Waals surface area contributed by atoms with Gasteiger partial charge in [0, 0.05) is 34.1 Å². The van der Waals surface area contributed by atoms with E-state index < -0.39 is 0 Å². The molecule has 0 unspecified atom stereocenters. The van der Waals surface area contributed by atoms with E-state index in [1.54, 1.807) is 0 Å². The first kappa shape index (κ1) is 25.3. The van der Waals surface area contributed by atoms with Gasteiger partial charge in [0.15, 0.2) is 0 Å². The first-order valence-corrected chi connectivity index (χ1v) is 13.5. The fraction of sp³-hybridized carbons (Fsp3) is 0. The largest absolute Gasteiger partial charge is 0.430 e. The summed E-state index contributed by atoms with van der Waals surface area (Å²) in [6.45, 7) is 0. The van der Waals surface area contributed by atoms with Crippen molar-refractivity contribution in [3.63, 3.8) is 0 Å². The zero-order valence-electron chi connectivity index (χ0n) is 21.7. The number of amidine groups is 1. The van der Waals surface area contributed by atoms with E-state index in [0.717, 1.165) is 39.2 Å². The molecule has 1 heterocycles. The van der Waals surface area contributed by atoms with Crippen molar-refractivity contribution in [2.75, 3.05) is 0 Å². The Labute approximate surface area is 239 Å². The molecule has 0 aliphatic heterocycles. The van der Waals surface area contributed by atoms with Gasteiger partial charge in [0.25, 0.3) is 0 Å². The molecule has 0 bridgehead atoms. The van der Waals surface area contributed by atoms with E-state index >= 15 is 0 Å². The predicted octanol–water partition coefficient (Wildman–Crippen LogP) is 9.54. The van der Waals surface area contributed by atoms with E-state index in [1.807, 2.05) is 102 Å². The molecule has 0 N–H and O–H groups in total. The molecule has 0 aliphatic rings. The second kappa shape index (κ2) is 11.8. The van der Waals surface area contributed by atoms with Gasteiger partial charge in [-0.15, -0.1) is 4.68 Å². The summed E-state index contributed by atoms with van der Waals surface area (Å²) in [4.78, 5) is 0. The summed E-state index contributed by atoms with van der Waals surface area (Å²) in [5.41, 5.74) is 7.78. The van der Waals surface area contributed by atoms with Gasteiger partial charge in [-0.05, 0) is 52.7 Å². The van der Waals surface area contributed by atoms with Crippen LogP contribution in [0.3, 0.4) is 0 Å². The molecule has 6 rings (SSSR count). The lowest BCUT2D eigenvalue weighted by atomic mass is 10.00. The highest BCUT2D eigenvalue weighted by Gasteiger charge is 2.21. The summed E-state index contributed by atoms with van der Waals surface area (Å²) in [7, 11) is 0. The van der Waals surface area contributed by atoms with Crippen LogP contribution in [0.1, 0.15) is 5.56 Å². The summed E-state index contributed by atoms with van der Waals surface area (Å²) in [6, 6.07) is 53.1. The van der Waals surface area contributed by atoms with Crippen molar-refractivity contribution < 1.29 is 4.68 Å². The Bertz CT molecular complexity index is 1690. The van der Waals surface area contributed by atoms with Crippen LogP contribution >= 0.6 is 11.6 Å². The lowest BCUT2D eigenvalue weighted by Crippen LogP contribution is -2.35. The molecule has 0 atom stereocenters. The average molecular weight is 536 g/mol. The molecule has 0 fully saturated rings. The van der Waals surface area contributed by atoms with Crippen LogP contribution < -0.4 is 4.68 Å². The number of nitrogens with zero attached hydrogens (tertiary/aromatic N) is 3. The van der Waals surface area contributed by atoms with E-state index in [1.165, 1.54) is 0 Å². The highest BCUT2D eigenvalue weighted by Crippen LogP contribution is 2.32. The number of benzene rings is 5. The second-order valence-corrected chi connectivity index (χ2v) is 9.68. The maximum Gasteiger partial charge on any atom is 0.226 e. The Balaban J connectivity index is 1.65. The number of hydrogen-bond donors (Lipinski definition) is 0. The third-order valence-electron chi connectivity index (χ3n) is 6.59.